The second-order valence-corrected chi connectivity index (χ2v) is 3.98. The Morgan fingerprint density at radius 1 is 1.54 bits per heavy atom. The first kappa shape index (κ1) is 10.6. The third-order valence-corrected chi connectivity index (χ3v) is 2.46. The molecule has 0 radical (unpaired) electrons. The van der Waals surface area contributed by atoms with Gasteiger partial charge in [-0.3, -0.25) is 4.79 Å². The fourth-order valence-corrected chi connectivity index (χ4v) is 1.99. The standard InChI is InChI=1S/C10H16ClNO/c1-8(2)12(10(11)13)9-6-4-3-5-7-9/h6,8H,3-5,7H2,1-2H3. The van der Waals surface area contributed by atoms with Crippen molar-refractivity contribution in [3.63, 3.8) is 0 Å². The van der Waals surface area contributed by atoms with Crippen LogP contribution >= 0.6 is 11.6 Å². The van der Waals surface area contributed by atoms with Gasteiger partial charge in [0, 0.05) is 11.7 Å². The smallest absolute Gasteiger partial charge is 0.301 e. The Morgan fingerprint density at radius 3 is 2.62 bits per heavy atom. The van der Waals surface area contributed by atoms with Crippen molar-refractivity contribution in [2.24, 2.45) is 0 Å². The summed E-state index contributed by atoms with van der Waals surface area (Å²) in [4.78, 5) is 12.8. The number of rotatable bonds is 2. The topological polar surface area (TPSA) is 20.3 Å². The minimum absolute atomic E-state index is 0.161. The number of amides is 1. The van der Waals surface area contributed by atoms with Crippen LogP contribution in [-0.2, 0) is 0 Å². The van der Waals surface area contributed by atoms with Crippen molar-refractivity contribution >= 4 is 17.0 Å². The molecule has 0 aliphatic heterocycles. The highest BCUT2D eigenvalue weighted by Gasteiger charge is 2.19. The van der Waals surface area contributed by atoms with Gasteiger partial charge in [-0.15, -0.1) is 0 Å². The zero-order chi connectivity index (χ0) is 9.84. The van der Waals surface area contributed by atoms with Crippen LogP contribution in [0.15, 0.2) is 11.8 Å². The molecule has 1 amide bonds. The molecule has 1 rings (SSSR count). The Morgan fingerprint density at radius 2 is 2.23 bits per heavy atom. The van der Waals surface area contributed by atoms with Crippen LogP contribution in [0, 0.1) is 0 Å². The molecular formula is C10H16ClNO. The van der Waals surface area contributed by atoms with E-state index in [1.54, 1.807) is 4.90 Å². The molecule has 0 aromatic heterocycles. The first-order valence-corrected chi connectivity index (χ1v) is 5.18. The Balaban J connectivity index is 2.74. The highest BCUT2D eigenvalue weighted by molar-refractivity contribution is 6.63. The molecule has 2 nitrogen and oxygen atoms in total. The highest BCUT2D eigenvalue weighted by atomic mass is 35.5. The van der Waals surface area contributed by atoms with Gasteiger partial charge in [0.05, 0.1) is 0 Å². The maximum atomic E-state index is 11.1. The van der Waals surface area contributed by atoms with Crippen LogP contribution in [-0.4, -0.2) is 16.3 Å². The molecule has 74 valence electrons. The van der Waals surface area contributed by atoms with Gasteiger partial charge in [0.25, 0.3) is 0 Å². The molecule has 1 aliphatic rings. The minimum Gasteiger partial charge on any atom is -0.301 e. The Bertz CT molecular complexity index is 223. The predicted molar refractivity (Wildman–Crippen MR) is 54.8 cm³/mol. The van der Waals surface area contributed by atoms with E-state index in [1.165, 1.54) is 12.8 Å². The second-order valence-electron chi connectivity index (χ2n) is 3.66. The van der Waals surface area contributed by atoms with E-state index in [0.717, 1.165) is 18.5 Å². The van der Waals surface area contributed by atoms with Crippen LogP contribution in [0.2, 0.25) is 0 Å². The summed E-state index contributed by atoms with van der Waals surface area (Å²) in [6.45, 7) is 3.96. The SMILES string of the molecule is CC(C)N(C(=O)Cl)C1=CCCCC1. The fraction of sp³-hybridized carbons (Fsp3) is 0.700. The lowest BCUT2D eigenvalue weighted by molar-refractivity contribution is 0.221. The molecular weight excluding hydrogens is 186 g/mol. The second kappa shape index (κ2) is 4.66. The summed E-state index contributed by atoms with van der Waals surface area (Å²) in [5.74, 6) is 0. The molecule has 0 spiro atoms. The molecule has 0 heterocycles. The van der Waals surface area contributed by atoms with E-state index in [4.69, 9.17) is 11.6 Å². The summed E-state index contributed by atoms with van der Waals surface area (Å²) in [5.41, 5.74) is 1.10. The molecule has 0 atom stereocenters. The maximum absolute atomic E-state index is 11.1. The first-order valence-electron chi connectivity index (χ1n) is 4.80. The number of hydrogen-bond donors (Lipinski definition) is 0. The molecule has 0 fully saturated rings. The quantitative estimate of drug-likeness (QED) is 0.495. The lowest BCUT2D eigenvalue weighted by atomic mass is 10.0. The molecule has 0 N–H and O–H groups in total. The third-order valence-electron chi connectivity index (χ3n) is 2.28. The van der Waals surface area contributed by atoms with Crippen LogP contribution in [0.3, 0.4) is 0 Å². The van der Waals surface area contributed by atoms with Gasteiger partial charge in [0.1, 0.15) is 0 Å². The van der Waals surface area contributed by atoms with E-state index in [1.807, 2.05) is 13.8 Å². The van der Waals surface area contributed by atoms with Crippen LogP contribution in [0.5, 0.6) is 0 Å². The first-order chi connectivity index (χ1) is 6.13. The number of carbonyl (C=O) groups excluding carboxylic acids is 1. The average molecular weight is 202 g/mol. The third kappa shape index (κ3) is 2.73. The van der Waals surface area contributed by atoms with Gasteiger partial charge in [0.2, 0.25) is 0 Å². The van der Waals surface area contributed by atoms with E-state index in [9.17, 15) is 4.79 Å². The zero-order valence-electron chi connectivity index (χ0n) is 8.22. The molecule has 0 unspecified atom stereocenters. The fourth-order valence-electron chi connectivity index (χ4n) is 1.69. The predicted octanol–water partition coefficient (Wildman–Crippen LogP) is 3.51. The molecule has 1 aliphatic carbocycles. The highest BCUT2D eigenvalue weighted by Crippen LogP contribution is 2.23. The van der Waals surface area contributed by atoms with Crippen molar-refractivity contribution in [2.75, 3.05) is 0 Å². The molecule has 0 saturated carbocycles. The maximum Gasteiger partial charge on any atom is 0.320 e. The van der Waals surface area contributed by atoms with Crippen molar-refractivity contribution in [1.82, 2.24) is 4.90 Å². The normalized spacial score (nSPS) is 17.1. The van der Waals surface area contributed by atoms with Gasteiger partial charge in [-0.2, -0.15) is 0 Å². The van der Waals surface area contributed by atoms with E-state index in [0.29, 0.717) is 0 Å². The molecule has 3 heteroatoms. The summed E-state index contributed by atoms with van der Waals surface area (Å²) in [6.07, 6.45) is 6.58. The van der Waals surface area contributed by atoms with Gasteiger partial charge in [-0.05, 0) is 51.1 Å². The number of halogens is 1. The monoisotopic (exact) mass is 201 g/mol. The largest absolute Gasteiger partial charge is 0.320 e. The van der Waals surface area contributed by atoms with Gasteiger partial charge in [-0.1, -0.05) is 6.08 Å². The molecule has 0 aromatic carbocycles. The molecule has 0 aromatic rings. The van der Waals surface area contributed by atoms with Crippen molar-refractivity contribution in [3.8, 4) is 0 Å². The van der Waals surface area contributed by atoms with Gasteiger partial charge in [-0.25, -0.2) is 0 Å². The van der Waals surface area contributed by atoms with Gasteiger partial charge >= 0.3 is 5.37 Å². The van der Waals surface area contributed by atoms with Crippen LogP contribution in [0.1, 0.15) is 39.5 Å². The van der Waals surface area contributed by atoms with E-state index >= 15 is 0 Å². The Kier molecular flexibility index (Phi) is 3.79. The summed E-state index contributed by atoms with van der Waals surface area (Å²) in [5, 5.41) is -0.358. The lowest BCUT2D eigenvalue weighted by Crippen LogP contribution is -2.32. The number of hydrogen-bond acceptors (Lipinski definition) is 1. The van der Waals surface area contributed by atoms with Crippen LogP contribution in [0.25, 0.3) is 0 Å². The van der Waals surface area contributed by atoms with Crippen molar-refractivity contribution in [1.29, 1.82) is 0 Å². The Labute approximate surface area is 84.6 Å². The summed E-state index contributed by atoms with van der Waals surface area (Å²) >= 11 is 5.52. The number of carbonyl (C=O) groups is 1. The zero-order valence-corrected chi connectivity index (χ0v) is 8.97. The van der Waals surface area contributed by atoms with E-state index < -0.39 is 0 Å². The molecule has 0 saturated heterocycles. The minimum atomic E-state index is -0.358. The van der Waals surface area contributed by atoms with E-state index in [-0.39, 0.29) is 11.4 Å². The number of allylic oxidation sites excluding steroid dienone is 2. The number of nitrogens with zero attached hydrogens (tertiary/aromatic N) is 1. The Hall–Kier alpha value is -0.500. The van der Waals surface area contributed by atoms with Gasteiger partial charge < -0.3 is 4.90 Å². The summed E-state index contributed by atoms with van der Waals surface area (Å²) in [6, 6.07) is 0.161. The van der Waals surface area contributed by atoms with Crippen molar-refractivity contribution in [2.45, 2.75) is 45.6 Å². The lowest BCUT2D eigenvalue weighted by Gasteiger charge is -2.28. The summed E-state index contributed by atoms with van der Waals surface area (Å²) < 4.78 is 0. The van der Waals surface area contributed by atoms with Crippen molar-refractivity contribution in [3.05, 3.63) is 11.8 Å². The van der Waals surface area contributed by atoms with Gasteiger partial charge in [0.15, 0.2) is 0 Å². The van der Waals surface area contributed by atoms with E-state index in [2.05, 4.69) is 6.08 Å². The average Bonchev–Trinajstić information content (AvgIpc) is 2.04. The van der Waals surface area contributed by atoms with Crippen LogP contribution in [0.4, 0.5) is 4.79 Å². The van der Waals surface area contributed by atoms with Crippen molar-refractivity contribution < 1.29 is 4.79 Å². The summed E-state index contributed by atoms with van der Waals surface area (Å²) in [7, 11) is 0. The molecule has 13 heavy (non-hydrogen) atoms. The molecule has 0 bridgehead atoms. The van der Waals surface area contributed by atoms with Crippen LogP contribution < -0.4 is 0 Å².